The Morgan fingerprint density at radius 2 is 2.00 bits per heavy atom. The van der Waals surface area contributed by atoms with E-state index in [0.29, 0.717) is 5.56 Å². The number of hydrogen-bond acceptors (Lipinski definition) is 2. The molecule has 1 aliphatic heterocycles. The quantitative estimate of drug-likeness (QED) is 0.886. The molecule has 3 rings (SSSR count). The van der Waals surface area contributed by atoms with E-state index in [2.05, 4.69) is 44.8 Å². The summed E-state index contributed by atoms with van der Waals surface area (Å²) in [7, 11) is 0. The monoisotopic (exact) mass is 344 g/mol. The second-order valence-corrected chi connectivity index (χ2v) is 6.21. The van der Waals surface area contributed by atoms with E-state index in [1.165, 1.54) is 11.3 Å². The normalized spacial score (nSPS) is 14.2. The number of benzene rings is 2. The van der Waals surface area contributed by atoms with Crippen LogP contribution in [0.3, 0.4) is 0 Å². The molecule has 0 saturated carbocycles. The van der Waals surface area contributed by atoms with Gasteiger partial charge in [0.05, 0.1) is 6.04 Å². The summed E-state index contributed by atoms with van der Waals surface area (Å²) in [6, 6.07) is 13.7. The fourth-order valence-corrected chi connectivity index (χ4v) is 2.82. The van der Waals surface area contributed by atoms with Crippen molar-refractivity contribution in [2.45, 2.75) is 19.4 Å². The molecule has 3 nitrogen and oxygen atoms in total. The lowest BCUT2D eigenvalue weighted by Crippen LogP contribution is -2.26. The predicted molar refractivity (Wildman–Crippen MR) is 88.7 cm³/mol. The number of rotatable bonds is 3. The van der Waals surface area contributed by atoms with Crippen LogP contribution in [0.1, 0.15) is 34.5 Å². The van der Waals surface area contributed by atoms with Gasteiger partial charge in [-0.2, -0.15) is 0 Å². The minimum atomic E-state index is -0.0476. The lowest BCUT2D eigenvalue weighted by Gasteiger charge is -2.15. The molecule has 1 amide bonds. The Hall–Kier alpha value is -1.81. The van der Waals surface area contributed by atoms with Crippen molar-refractivity contribution in [2.24, 2.45) is 0 Å². The van der Waals surface area contributed by atoms with E-state index in [0.717, 1.165) is 23.0 Å². The van der Waals surface area contributed by atoms with E-state index in [4.69, 9.17) is 0 Å². The van der Waals surface area contributed by atoms with Crippen molar-refractivity contribution in [3.63, 3.8) is 0 Å². The molecule has 2 aromatic carbocycles. The van der Waals surface area contributed by atoms with E-state index in [9.17, 15) is 4.79 Å². The van der Waals surface area contributed by atoms with Crippen molar-refractivity contribution in [2.75, 3.05) is 11.9 Å². The summed E-state index contributed by atoms with van der Waals surface area (Å²) in [4.78, 5) is 12.2. The molecule has 108 valence electrons. The van der Waals surface area contributed by atoms with Crippen LogP contribution in [-0.2, 0) is 6.42 Å². The molecule has 0 saturated heterocycles. The molecule has 0 aromatic heterocycles. The number of nitrogens with one attached hydrogen (secondary N) is 2. The summed E-state index contributed by atoms with van der Waals surface area (Å²) in [5.41, 5.74) is 4.36. The number of fused-ring (bicyclic) bond motifs is 1. The summed E-state index contributed by atoms with van der Waals surface area (Å²) in [6.07, 6.45) is 1.05. The van der Waals surface area contributed by atoms with Crippen molar-refractivity contribution in [3.05, 3.63) is 63.6 Å². The molecular weight excluding hydrogens is 328 g/mol. The van der Waals surface area contributed by atoms with Crippen LogP contribution in [0.15, 0.2) is 46.9 Å². The zero-order valence-electron chi connectivity index (χ0n) is 11.8. The second kappa shape index (κ2) is 5.90. The first-order chi connectivity index (χ1) is 10.1. The Balaban J connectivity index is 1.72. The van der Waals surface area contributed by atoms with E-state index < -0.39 is 0 Å². The smallest absolute Gasteiger partial charge is 0.251 e. The lowest BCUT2D eigenvalue weighted by molar-refractivity contribution is 0.0940. The third kappa shape index (κ3) is 3.10. The summed E-state index contributed by atoms with van der Waals surface area (Å²) in [5.74, 6) is -0.0476. The molecular formula is C17H17BrN2O. The van der Waals surface area contributed by atoms with Gasteiger partial charge in [-0.25, -0.2) is 0 Å². The molecule has 21 heavy (non-hydrogen) atoms. The zero-order valence-corrected chi connectivity index (χ0v) is 13.4. The average Bonchev–Trinajstić information content (AvgIpc) is 2.95. The molecule has 1 aliphatic rings. The molecule has 2 N–H and O–H groups in total. The van der Waals surface area contributed by atoms with Gasteiger partial charge in [0, 0.05) is 22.3 Å². The van der Waals surface area contributed by atoms with Crippen LogP contribution < -0.4 is 10.6 Å². The Labute approximate surface area is 132 Å². The van der Waals surface area contributed by atoms with Gasteiger partial charge >= 0.3 is 0 Å². The molecule has 2 aromatic rings. The van der Waals surface area contributed by atoms with Gasteiger partial charge in [-0.1, -0.05) is 28.1 Å². The third-order valence-electron chi connectivity index (χ3n) is 3.79. The topological polar surface area (TPSA) is 41.1 Å². The molecule has 1 heterocycles. The van der Waals surface area contributed by atoms with Gasteiger partial charge in [0.1, 0.15) is 0 Å². The molecule has 1 unspecified atom stereocenters. The van der Waals surface area contributed by atoms with Crippen LogP contribution in [0.5, 0.6) is 0 Å². The summed E-state index contributed by atoms with van der Waals surface area (Å²) >= 11 is 3.37. The summed E-state index contributed by atoms with van der Waals surface area (Å²) < 4.78 is 0.971. The first kappa shape index (κ1) is 14.1. The zero-order chi connectivity index (χ0) is 14.8. The van der Waals surface area contributed by atoms with E-state index in [1.54, 1.807) is 0 Å². The number of carbonyl (C=O) groups excluding carboxylic acids is 1. The van der Waals surface area contributed by atoms with E-state index in [1.807, 2.05) is 31.2 Å². The van der Waals surface area contributed by atoms with Crippen LogP contribution in [0, 0.1) is 0 Å². The highest BCUT2D eigenvalue weighted by Crippen LogP contribution is 2.25. The maximum absolute atomic E-state index is 12.2. The maximum Gasteiger partial charge on any atom is 0.251 e. The Kier molecular flexibility index (Phi) is 3.97. The molecule has 0 aliphatic carbocycles. The lowest BCUT2D eigenvalue weighted by atomic mass is 10.0. The van der Waals surface area contributed by atoms with Crippen molar-refractivity contribution >= 4 is 27.5 Å². The van der Waals surface area contributed by atoms with Crippen LogP contribution in [0.2, 0.25) is 0 Å². The van der Waals surface area contributed by atoms with Gasteiger partial charge < -0.3 is 10.6 Å². The molecule has 0 spiro atoms. The van der Waals surface area contributed by atoms with E-state index in [-0.39, 0.29) is 11.9 Å². The maximum atomic E-state index is 12.2. The third-order valence-corrected chi connectivity index (χ3v) is 4.32. The van der Waals surface area contributed by atoms with Crippen LogP contribution >= 0.6 is 15.9 Å². The minimum absolute atomic E-state index is 0.00736. The molecule has 0 bridgehead atoms. The largest absolute Gasteiger partial charge is 0.384 e. The summed E-state index contributed by atoms with van der Waals surface area (Å²) in [5, 5.41) is 6.39. The SMILES string of the molecule is CC(NC(=O)c1ccc(Br)cc1)c1ccc2c(c1)CCN2. The first-order valence-corrected chi connectivity index (χ1v) is 7.86. The van der Waals surface area contributed by atoms with Crippen molar-refractivity contribution in [1.29, 1.82) is 0 Å². The number of amides is 1. The number of carbonyl (C=O) groups is 1. The van der Waals surface area contributed by atoms with Crippen LogP contribution in [0.4, 0.5) is 5.69 Å². The van der Waals surface area contributed by atoms with Crippen LogP contribution in [-0.4, -0.2) is 12.5 Å². The highest BCUT2D eigenvalue weighted by atomic mass is 79.9. The fourth-order valence-electron chi connectivity index (χ4n) is 2.56. The second-order valence-electron chi connectivity index (χ2n) is 5.30. The number of hydrogen-bond donors (Lipinski definition) is 2. The van der Waals surface area contributed by atoms with Gasteiger partial charge in [-0.15, -0.1) is 0 Å². The first-order valence-electron chi connectivity index (χ1n) is 7.06. The van der Waals surface area contributed by atoms with Gasteiger partial charge in [0.15, 0.2) is 0 Å². The van der Waals surface area contributed by atoms with Crippen molar-refractivity contribution < 1.29 is 4.79 Å². The molecule has 1 atom stereocenters. The Morgan fingerprint density at radius 1 is 1.24 bits per heavy atom. The highest BCUT2D eigenvalue weighted by molar-refractivity contribution is 9.10. The number of halogens is 1. The molecule has 0 radical (unpaired) electrons. The van der Waals surface area contributed by atoms with Crippen molar-refractivity contribution in [3.8, 4) is 0 Å². The average molecular weight is 345 g/mol. The van der Waals surface area contributed by atoms with Gasteiger partial charge in [0.25, 0.3) is 5.91 Å². The fraction of sp³-hybridized carbons (Fsp3) is 0.235. The number of anilines is 1. The van der Waals surface area contributed by atoms with Gasteiger partial charge in [0.2, 0.25) is 0 Å². The van der Waals surface area contributed by atoms with Crippen molar-refractivity contribution in [1.82, 2.24) is 5.32 Å². The Bertz CT molecular complexity index is 667. The van der Waals surface area contributed by atoms with E-state index >= 15 is 0 Å². The standard InChI is InChI=1S/C17H17BrN2O/c1-11(13-4-7-16-14(10-13)8-9-19-16)20-17(21)12-2-5-15(18)6-3-12/h2-7,10-11,19H,8-9H2,1H3,(H,20,21). The predicted octanol–water partition coefficient (Wildman–Crippen LogP) is 3.91. The molecule has 0 fully saturated rings. The van der Waals surface area contributed by atoms with Crippen LogP contribution in [0.25, 0.3) is 0 Å². The Morgan fingerprint density at radius 3 is 2.76 bits per heavy atom. The van der Waals surface area contributed by atoms with Gasteiger partial charge in [-0.3, -0.25) is 4.79 Å². The molecule has 4 heteroatoms. The summed E-state index contributed by atoms with van der Waals surface area (Å²) in [6.45, 7) is 3.01. The minimum Gasteiger partial charge on any atom is -0.384 e. The highest BCUT2D eigenvalue weighted by Gasteiger charge is 2.15. The van der Waals surface area contributed by atoms with Gasteiger partial charge in [-0.05, 0) is 54.8 Å².